The maximum absolute atomic E-state index is 12.6. The number of allylic oxidation sites excluding steroid dienone is 2. The Morgan fingerprint density at radius 2 is 1.81 bits per heavy atom. The smallest absolute Gasteiger partial charge is 0.310 e. The van der Waals surface area contributed by atoms with Crippen LogP contribution in [0.5, 0.6) is 0 Å². The minimum atomic E-state index is -0.291. The quantitative estimate of drug-likeness (QED) is 0.633. The van der Waals surface area contributed by atoms with Crippen LogP contribution in [0, 0.1) is 23.7 Å². The van der Waals surface area contributed by atoms with Gasteiger partial charge < -0.3 is 4.74 Å². The first kappa shape index (κ1) is 14.4. The van der Waals surface area contributed by atoms with Crippen LogP contribution in [0.25, 0.3) is 0 Å². The average Bonchev–Trinajstić information content (AvgIpc) is 3.13. The van der Waals surface area contributed by atoms with Crippen LogP contribution in [-0.4, -0.2) is 18.2 Å². The van der Waals surface area contributed by atoms with Crippen molar-refractivity contribution in [2.45, 2.75) is 12.2 Å². The molecule has 2 bridgehead atoms. The van der Waals surface area contributed by atoms with Gasteiger partial charge in [0.15, 0.2) is 5.12 Å². The van der Waals surface area contributed by atoms with E-state index in [1.54, 1.807) is 0 Å². The van der Waals surface area contributed by atoms with Crippen molar-refractivity contribution in [1.29, 1.82) is 0 Å². The molecule has 4 heteroatoms. The number of hydrogen-bond acceptors (Lipinski definition) is 4. The number of carbonyl (C=O) groups excluding carboxylic acids is 2. The topological polar surface area (TPSA) is 43.4 Å². The molecule has 4 atom stereocenters. The molecule has 3 nitrogen and oxygen atoms in total. The highest BCUT2D eigenvalue weighted by Gasteiger charge is 2.51. The van der Waals surface area contributed by atoms with E-state index in [4.69, 9.17) is 4.74 Å². The Hall–Kier alpha value is -1.55. The average molecular weight is 302 g/mol. The van der Waals surface area contributed by atoms with E-state index in [1.807, 2.05) is 30.3 Å². The molecule has 2 aliphatic carbocycles. The lowest BCUT2D eigenvalue weighted by molar-refractivity contribution is -0.149. The predicted molar refractivity (Wildman–Crippen MR) is 82.5 cm³/mol. The van der Waals surface area contributed by atoms with Crippen molar-refractivity contribution < 1.29 is 14.3 Å². The summed E-state index contributed by atoms with van der Waals surface area (Å²) in [4.78, 5) is 24.5. The van der Waals surface area contributed by atoms with Gasteiger partial charge in [-0.1, -0.05) is 54.2 Å². The van der Waals surface area contributed by atoms with E-state index in [9.17, 15) is 9.59 Å². The van der Waals surface area contributed by atoms with Gasteiger partial charge in [-0.25, -0.2) is 0 Å². The number of fused-ring (bicyclic) bond motifs is 2. The van der Waals surface area contributed by atoms with E-state index in [2.05, 4.69) is 12.2 Å². The zero-order valence-corrected chi connectivity index (χ0v) is 12.7. The second-order valence-electron chi connectivity index (χ2n) is 5.62. The van der Waals surface area contributed by atoms with Gasteiger partial charge in [-0.05, 0) is 23.8 Å². The molecule has 0 saturated heterocycles. The van der Waals surface area contributed by atoms with Crippen LogP contribution in [0.15, 0.2) is 42.5 Å². The monoisotopic (exact) mass is 302 g/mol. The lowest BCUT2D eigenvalue weighted by Crippen LogP contribution is -2.32. The van der Waals surface area contributed by atoms with Crippen LogP contribution in [0.3, 0.4) is 0 Å². The van der Waals surface area contributed by atoms with Gasteiger partial charge in [-0.3, -0.25) is 9.59 Å². The normalized spacial score (nSPS) is 29.6. The van der Waals surface area contributed by atoms with Crippen LogP contribution >= 0.6 is 11.8 Å². The fourth-order valence-corrected chi connectivity index (χ4v) is 4.44. The Balaban J connectivity index is 1.68. The van der Waals surface area contributed by atoms with Gasteiger partial charge in [0, 0.05) is 11.7 Å². The SMILES string of the molecule is COC(=O)[C@H]1[C@@H](C(=O)SCc2ccccc2)[C@H]2C=C[C@@H]1C2. The molecule has 0 unspecified atom stereocenters. The fourth-order valence-electron chi connectivity index (χ4n) is 3.43. The third-order valence-corrected chi connectivity index (χ3v) is 5.46. The molecule has 1 saturated carbocycles. The Kier molecular flexibility index (Phi) is 4.15. The van der Waals surface area contributed by atoms with E-state index in [0.29, 0.717) is 5.75 Å². The molecule has 0 aliphatic heterocycles. The van der Waals surface area contributed by atoms with Gasteiger partial charge in [-0.15, -0.1) is 0 Å². The first-order valence-corrected chi connectivity index (χ1v) is 8.16. The minimum Gasteiger partial charge on any atom is -0.469 e. The van der Waals surface area contributed by atoms with Gasteiger partial charge >= 0.3 is 5.97 Å². The molecule has 110 valence electrons. The van der Waals surface area contributed by atoms with Crippen LogP contribution in [-0.2, 0) is 20.1 Å². The predicted octanol–water partition coefficient (Wildman–Crippen LogP) is 3.06. The Bertz CT molecular complexity index is 567. The van der Waals surface area contributed by atoms with Crippen molar-refractivity contribution in [1.82, 2.24) is 0 Å². The van der Waals surface area contributed by atoms with Gasteiger partial charge in [0.2, 0.25) is 0 Å². The van der Waals surface area contributed by atoms with Crippen LogP contribution in [0.4, 0.5) is 0 Å². The lowest BCUT2D eigenvalue weighted by Gasteiger charge is -2.24. The molecule has 1 aromatic rings. The molecule has 2 aliphatic rings. The van der Waals surface area contributed by atoms with Crippen molar-refractivity contribution in [2.75, 3.05) is 7.11 Å². The summed E-state index contributed by atoms with van der Waals surface area (Å²) < 4.78 is 4.90. The number of esters is 1. The molecule has 1 fully saturated rings. The first-order chi connectivity index (χ1) is 10.2. The molecule has 0 amide bonds. The number of methoxy groups -OCH3 is 1. The maximum Gasteiger partial charge on any atom is 0.310 e. The van der Waals surface area contributed by atoms with Crippen LogP contribution in [0.1, 0.15) is 12.0 Å². The Labute approximate surface area is 128 Å². The molecule has 0 N–H and O–H groups in total. The van der Waals surface area contributed by atoms with Crippen LogP contribution < -0.4 is 0 Å². The van der Waals surface area contributed by atoms with E-state index >= 15 is 0 Å². The molecule has 21 heavy (non-hydrogen) atoms. The molecule has 1 aromatic carbocycles. The van der Waals surface area contributed by atoms with Gasteiger partial charge in [0.1, 0.15) is 0 Å². The molecule has 3 rings (SSSR count). The summed E-state index contributed by atoms with van der Waals surface area (Å²) in [7, 11) is 1.40. The second-order valence-corrected chi connectivity index (χ2v) is 6.60. The zero-order chi connectivity index (χ0) is 14.8. The number of carbonyl (C=O) groups is 2. The summed E-state index contributed by atoms with van der Waals surface area (Å²) in [5.41, 5.74) is 1.13. The standard InChI is InChI=1S/C17H18O3S/c1-20-16(18)14-12-7-8-13(9-12)15(14)17(19)21-10-11-5-3-2-4-6-11/h2-8,12-15H,9-10H2,1H3/t12-,13+,14-,15+/m1/s1. The van der Waals surface area contributed by atoms with E-state index in [0.717, 1.165) is 12.0 Å². The van der Waals surface area contributed by atoms with Crippen molar-refractivity contribution in [3.63, 3.8) is 0 Å². The highest BCUT2D eigenvalue weighted by Crippen LogP contribution is 2.50. The largest absolute Gasteiger partial charge is 0.469 e. The summed E-state index contributed by atoms with van der Waals surface area (Å²) in [6, 6.07) is 9.93. The Morgan fingerprint density at radius 1 is 1.14 bits per heavy atom. The minimum absolute atomic E-state index is 0.117. The third kappa shape index (κ3) is 2.77. The van der Waals surface area contributed by atoms with Crippen molar-refractivity contribution in [3.8, 4) is 0 Å². The van der Waals surface area contributed by atoms with Gasteiger partial charge in [-0.2, -0.15) is 0 Å². The van der Waals surface area contributed by atoms with E-state index in [-0.39, 0.29) is 34.8 Å². The first-order valence-electron chi connectivity index (χ1n) is 7.17. The van der Waals surface area contributed by atoms with E-state index < -0.39 is 0 Å². The highest BCUT2D eigenvalue weighted by molar-refractivity contribution is 8.13. The number of thioether (sulfide) groups is 1. The maximum atomic E-state index is 12.6. The van der Waals surface area contributed by atoms with Crippen molar-refractivity contribution in [3.05, 3.63) is 48.0 Å². The summed E-state index contributed by atoms with van der Waals surface area (Å²) in [6.07, 6.45) is 5.07. The van der Waals surface area contributed by atoms with E-state index in [1.165, 1.54) is 18.9 Å². The summed E-state index contributed by atoms with van der Waals surface area (Å²) in [5, 5.41) is 0.117. The second kappa shape index (κ2) is 6.06. The van der Waals surface area contributed by atoms with Crippen LogP contribution in [0.2, 0.25) is 0 Å². The Morgan fingerprint density at radius 3 is 2.48 bits per heavy atom. The molecule has 0 spiro atoms. The molecule has 0 heterocycles. The van der Waals surface area contributed by atoms with Crippen molar-refractivity contribution >= 4 is 22.8 Å². The summed E-state index contributed by atoms with van der Waals surface area (Å²) >= 11 is 1.32. The molecule has 0 aromatic heterocycles. The fraction of sp³-hybridized carbons (Fsp3) is 0.412. The molecule has 0 radical (unpaired) electrons. The number of rotatable bonds is 4. The lowest BCUT2D eigenvalue weighted by atomic mass is 9.84. The highest BCUT2D eigenvalue weighted by atomic mass is 32.2. The number of benzene rings is 1. The number of ether oxygens (including phenoxy) is 1. The zero-order valence-electron chi connectivity index (χ0n) is 11.9. The molecular weight excluding hydrogens is 284 g/mol. The van der Waals surface area contributed by atoms with Gasteiger partial charge in [0.25, 0.3) is 0 Å². The number of hydrogen-bond donors (Lipinski definition) is 0. The van der Waals surface area contributed by atoms with Gasteiger partial charge in [0.05, 0.1) is 13.0 Å². The van der Waals surface area contributed by atoms with Crippen molar-refractivity contribution in [2.24, 2.45) is 23.7 Å². The molecular formula is C17H18O3S. The third-order valence-electron chi connectivity index (χ3n) is 4.43. The summed E-state index contributed by atoms with van der Waals surface area (Å²) in [5.74, 6) is 0.279. The summed E-state index contributed by atoms with van der Waals surface area (Å²) in [6.45, 7) is 0.